The van der Waals surface area contributed by atoms with Crippen molar-refractivity contribution >= 4 is 33.6 Å². The molecular weight excluding hydrogens is 442 g/mol. The zero-order valence-corrected chi connectivity index (χ0v) is 22.9. The third-order valence-corrected chi connectivity index (χ3v) is 6.55. The van der Waals surface area contributed by atoms with Crippen LogP contribution >= 0.6 is 27.7 Å². The molecule has 1 amide bonds. The predicted octanol–water partition coefficient (Wildman–Crippen LogP) is 9.35. The maximum absolute atomic E-state index is 11.3. The van der Waals surface area contributed by atoms with Crippen LogP contribution in [0.3, 0.4) is 0 Å². The lowest BCUT2D eigenvalue weighted by atomic mass is 10.1. The van der Waals surface area contributed by atoms with Gasteiger partial charge >= 0.3 is 0 Å². The third kappa shape index (κ3) is 14.8. The first-order valence-electron chi connectivity index (χ1n) is 10.8. The molecular formula is C25H44BrNOS. The highest BCUT2D eigenvalue weighted by Crippen LogP contribution is 2.33. The van der Waals surface area contributed by atoms with Crippen molar-refractivity contribution < 1.29 is 4.79 Å². The van der Waals surface area contributed by atoms with Gasteiger partial charge < -0.3 is 4.90 Å². The van der Waals surface area contributed by atoms with E-state index >= 15 is 0 Å². The van der Waals surface area contributed by atoms with Crippen molar-refractivity contribution in [3.8, 4) is 0 Å². The number of hydrogen-bond donors (Lipinski definition) is 0. The average molecular weight is 487 g/mol. The largest absolute Gasteiger partial charge is 0.317 e. The number of allylic oxidation sites excluding steroid dienone is 6. The fourth-order valence-electron chi connectivity index (χ4n) is 2.51. The van der Waals surface area contributed by atoms with E-state index in [0.29, 0.717) is 0 Å². The van der Waals surface area contributed by atoms with Crippen molar-refractivity contribution in [3.63, 3.8) is 0 Å². The summed E-state index contributed by atoms with van der Waals surface area (Å²) in [6.45, 7) is 21.7. The number of halogens is 1. The quantitative estimate of drug-likeness (QED) is 0.226. The molecule has 0 fully saturated rings. The fourth-order valence-corrected chi connectivity index (χ4v) is 3.87. The molecule has 0 N–H and O–H groups in total. The van der Waals surface area contributed by atoms with Crippen molar-refractivity contribution in [3.05, 3.63) is 43.3 Å². The van der Waals surface area contributed by atoms with Gasteiger partial charge in [0.05, 0.1) is 0 Å². The second-order valence-corrected chi connectivity index (χ2v) is 9.64. The zero-order chi connectivity index (χ0) is 23.0. The van der Waals surface area contributed by atoms with Gasteiger partial charge in [0.1, 0.15) is 0 Å². The molecule has 0 aliphatic carbocycles. The summed E-state index contributed by atoms with van der Waals surface area (Å²) in [6.07, 6.45) is 7.70. The molecule has 0 saturated heterocycles. The number of nitrogens with zero attached hydrogens (tertiary/aromatic N) is 1. The number of hydrogen-bond acceptors (Lipinski definition) is 2. The Morgan fingerprint density at radius 1 is 0.966 bits per heavy atom. The summed E-state index contributed by atoms with van der Waals surface area (Å²) < 4.78 is 1.22. The van der Waals surface area contributed by atoms with Gasteiger partial charge in [-0.15, -0.1) is 0 Å². The van der Waals surface area contributed by atoms with Crippen LogP contribution < -0.4 is 0 Å². The van der Waals surface area contributed by atoms with Gasteiger partial charge in [0.2, 0.25) is 5.91 Å². The van der Waals surface area contributed by atoms with Crippen LogP contribution in [0.2, 0.25) is 0 Å². The van der Waals surface area contributed by atoms with Gasteiger partial charge in [-0.1, -0.05) is 78.5 Å². The molecule has 0 aromatic carbocycles. The molecule has 0 unspecified atom stereocenters. The van der Waals surface area contributed by atoms with E-state index in [-0.39, 0.29) is 5.91 Å². The highest BCUT2D eigenvalue weighted by molar-refractivity contribution is 9.11. The minimum atomic E-state index is 0.156. The van der Waals surface area contributed by atoms with E-state index in [1.807, 2.05) is 23.6 Å². The minimum absolute atomic E-state index is 0.156. The molecule has 0 aliphatic rings. The second kappa shape index (κ2) is 18.1. The highest BCUT2D eigenvalue weighted by Gasteiger charge is 2.09. The molecule has 29 heavy (non-hydrogen) atoms. The summed E-state index contributed by atoms with van der Waals surface area (Å²) >= 11 is 5.38. The van der Waals surface area contributed by atoms with Crippen LogP contribution in [0.25, 0.3) is 0 Å². The number of unbranched alkanes of at least 4 members (excludes halogenated alkanes) is 2. The summed E-state index contributed by atoms with van der Waals surface area (Å²) in [5.74, 6) is 0.156. The van der Waals surface area contributed by atoms with Gasteiger partial charge in [-0.3, -0.25) is 4.79 Å². The normalized spacial score (nSPS) is 13.0. The average Bonchev–Trinajstić information content (AvgIpc) is 2.64. The standard InChI is InChI=1S/C13H21BrS.C12H23NO/c1-7-10(4)13(11(5)12(6)14)15-8-9(2)3;1-5-7-8-10-13(12(4)14)11(3)9-6-2/h8H,7H2,1-6H3;9H,5-8,10H2,1-4H3/b12-11-,13-10+;11-9+. The van der Waals surface area contributed by atoms with Gasteiger partial charge in [0.15, 0.2) is 0 Å². The van der Waals surface area contributed by atoms with E-state index in [2.05, 4.69) is 82.8 Å². The summed E-state index contributed by atoms with van der Waals surface area (Å²) in [5, 5.41) is 2.22. The van der Waals surface area contributed by atoms with Gasteiger partial charge in [0.25, 0.3) is 0 Å². The summed E-state index contributed by atoms with van der Waals surface area (Å²) in [5.41, 5.74) is 5.24. The molecule has 0 aromatic rings. The van der Waals surface area contributed by atoms with Crippen LogP contribution in [0.15, 0.2) is 43.3 Å². The van der Waals surface area contributed by atoms with Crippen molar-refractivity contribution in [2.75, 3.05) is 6.54 Å². The van der Waals surface area contributed by atoms with Crippen LogP contribution in [0.5, 0.6) is 0 Å². The van der Waals surface area contributed by atoms with Crippen LogP contribution in [-0.4, -0.2) is 17.4 Å². The number of rotatable bonds is 10. The number of carbonyl (C=O) groups is 1. The van der Waals surface area contributed by atoms with E-state index in [1.54, 1.807) is 6.92 Å². The summed E-state index contributed by atoms with van der Waals surface area (Å²) in [4.78, 5) is 14.6. The Balaban J connectivity index is 0. The Morgan fingerprint density at radius 2 is 1.55 bits per heavy atom. The number of thioether (sulfide) groups is 1. The Bertz CT molecular complexity index is 606. The van der Waals surface area contributed by atoms with Gasteiger partial charge in [-0.25, -0.2) is 0 Å². The Hall–Kier alpha value is -0.740. The van der Waals surface area contributed by atoms with Gasteiger partial charge in [-0.05, 0) is 76.3 Å². The van der Waals surface area contributed by atoms with Crippen LogP contribution in [0, 0.1) is 0 Å². The zero-order valence-electron chi connectivity index (χ0n) is 20.5. The van der Waals surface area contributed by atoms with Crippen LogP contribution in [0.1, 0.15) is 101 Å². The van der Waals surface area contributed by atoms with Crippen molar-refractivity contribution in [1.29, 1.82) is 0 Å². The minimum Gasteiger partial charge on any atom is -0.317 e. The Morgan fingerprint density at radius 3 is 1.93 bits per heavy atom. The van der Waals surface area contributed by atoms with Crippen molar-refractivity contribution in [1.82, 2.24) is 4.90 Å². The monoisotopic (exact) mass is 485 g/mol. The topological polar surface area (TPSA) is 20.3 Å². The Kier molecular flexibility index (Phi) is 19.0. The molecule has 0 atom stereocenters. The second-order valence-electron chi connectivity index (χ2n) is 7.57. The maximum Gasteiger partial charge on any atom is 0.223 e. The van der Waals surface area contributed by atoms with E-state index in [0.717, 1.165) is 31.5 Å². The lowest BCUT2D eigenvalue weighted by Crippen LogP contribution is -2.27. The molecule has 168 valence electrons. The molecule has 0 bridgehead atoms. The fraction of sp³-hybridized carbons (Fsp3) is 0.640. The van der Waals surface area contributed by atoms with E-state index in [1.165, 1.54) is 38.9 Å². The molecule has 0 radical (unpaired) electrons. The lowest BCUT2D eigenvalue weighted by Gasteiger charge is -2.21. The van der Waals surface area contributed by atoms with E-state index in [9.17, 15) is 4.79 Å². The van der Waals surface area contributed by atoms with Crippen LogP contribution in [-0.2, 0) is 4.79 Å². The SMILES string of the molecule is CC/C(C)=C(SC=C(C)C)\C(C)=C(\C)Br.CC/C=C(\C)N(CCCCC)C(C)=O. The molecule has 2 nitrogen and oxygen atoms in total. The molecule has 0 aliphatic heterocycles. The summed E-state index contributed by atoms with van der Waals surface area (Å²) in [6, 6.07) is 0. The molecule has 0 spiro atoms. The first-order valence-corrected chi connectivity index (χ1v) is 12.5. The third-order valence-electron chi connectivity index (χ3n) is 4.48. The van der Waals surface area contributed by atoms with E-state index < -0.39 is 0 Å². The smallest absolute Gasteiger partial charge is 0.223 e. The van der Waals surface area contributed by atoms with E-state index in [4.69, 9.17) is 0 Å². The molecule has 0 heterocycles. The molecule has 0 saturated carbocycles. The first kappa shape index (κ1) is 30.5. The predicted molar refractivity (Wildman–Crippen MR) is 138 cm³/mol. The number of carbonyl (C=O) groups excluding carboxylic acids is 1. The maximum atomic E-state index is 11.3. The lowest BCUT2D eigenvalue weighted by molar-refractivity contribution is -0.127. The molecule has 0 aromatic heterocycles. The molecule has 0 rings (SSSR count). The van der Waals surface area contributed by atoms with Crippen LogP contribution in [0.4, 0.5) is 0 Å². The first-order chi connectivity index (χ1) is 13.5. The van der Waals surface area contributed by atoms with Crippen molar-refractivity contribution in [2.45, 2.75) is 101 Å². The van der Waals surface area contributed by atoms with Crippen molar-refractivity contribution in [2.24, 2.45) is 0 Å². The Labute approximate surface area is 194 Å². The van der Waals surface area contributed by atoms with Gasteiger partial charge in [0, 0.05) is 24.1 Å². The summed E-state index contributed by atoms with van der Waals surface area (Å²) in [7, 11) is 0. The molecule has 4 heteroatoms. The number of amides is 1. The van der Waals surface area contributed by atoms with Gasteiger partial charge in [-0.2, -0.15) is 0 Å². The highest BCUT2D eigenvalue weighted by atomic mass is 79.9.